The summed E-state index contributed by atoms with van der Waals surface area (Å²) in [7, 11) is 3.65. The minimum Gasteiger partial charge on any atom is -0.490 e. The van der Waals surface area contributed by atoms with E-state index >= 15 is 0 Å². The van der Waals surface area contributed by atoms with Crippen LogP contribution in [0.3, 0.4) is 0 Å². The molecule has 1 aliphatic heterocycles. The van der Waals surface area contributed by atoms with E-state index in [4.69, 9.17) is 14.0 Å². The molecule has 1 aromatic heterocycles. The van der Waals surface area contributed by atoms with Gasteiger partial charge in [-0.25, -0.2) is 0 Å². The molecular weight excluding hydrogens is 315 g/mol. The van der Waals surface area contributed by atoms with Crippen molar-refractivity contribution in [3.8, 4) is 5.75 Å². The zero-order valence-corrected chi connectivity index (χ0v) is 16.0. The Kier molecular flexibility index (Phi) is 4.79. The van der Waals surface area contributed by atoms with Crippen LogP contribution in [-0.4, -0.2) is 55.5 Å². The number of pyridine rings is 1. The van der Waals surface area contributed by atoms with E-state index in [1.807, 2.05) is 38.4 Å². The Morgan fingerprint density at radius 2 is 1.76 bits per heavy atom. The number of aromatic nitrogens is 1. The second-order valence-electron chi connectivity index (χ2n) is 7.79. The van der Waals surface area contributed by atoms with Crippen molar-refractivity contribution in [2.24, 2.45) is 0 Å². The third kappa shape index (κ3) is 3.52. The molecule has 3 rings (SSSR count). The maximum Gasteiger partial charge on any atom is 0.495 e. The van der Waals surface area contributed by atoms with Crippen molar-refractivity contribution in [1.82, 2.24) is 9.88 Å². The highest BCUT2D eigenvalue weighted by Gasteiger charge is 2.52. The molecule has 2 heterocycles. The lowest BCUT2D eigenvalue weighted by atomic mass is 9.76. The number of nitrogens with zero attached hydrogens (tertiary/aromatic N) is 2. The Labute approximate surface area is 150 Å². The molecule has 0 bridgehead atoms. The van der Waals surface area contributed by atoms with Gasteiger partial charge in [-0.1, -0.05) is 12.1 Å². The van der Waals surface area contributed by atoms with Crippen molar-refractivity contribution in [3.05, 3.63) is 30.5 Å². The summed E-state index contributed by atoms with van der Waals surface area (Å²) in [6.07, 6.45) is 1.79. The number of ether oxygens (including phenoxy) is 1. The average molecular weight is 342 g/mol. The highest BCUT2D eigenvalue weighted by Crippen LogP contribution is 2.37. The van der Waals surface area contributed by atoms with Gasteiger partial charge in [0.15, 0.2) is 0 Å². The van der Waals surface area contributed by atoms with E-state index < -0.39 is 7.12 Å². The molecule has 0 saturated carbocycles. The van der Waals surface area contributed by atoms with Crippen molar-refractivity contribution >= 4 is 23.5 Å². The summed E-state index contributed by atoms with van der Waals surface area (Å²) in [6, 6.07) is 7.96. The molecule has 134 valence electrons. The smallest absolute Gasteiger partial charge is 0.490 e. The fourth-order valence-electron chi connectivity index (χ4n) is 2.80. The lowest BCUT2D eigenvalue weighted by Gasteiger charge is -2.32. The van der Waals surface area contributed by atoms with E-state index in [0.717, 1.165) is 28.7 Å². The number of rotatable bonds is 5. The zero-order valence-electron chi connectivity index (χ0n) is 16.0. The van der Waals surface area contributed by atoms with Crippen LogP contribution in [0, 0.1) is 0 Å². The number of fused-ring (bicyclic) bond motifs is 1. The first-order valence-corrected chi connectivity index (χ1v) is 8.72. The van der Waals surface area contributed by atoms with E-state index in [1.165, 1.54) is 0 Å². The molecule has 0 unspecified atom stereocenters. The summed E-state index contributed by atoms with van der Waals surface area (Å²) in [4.78, 5) is 6.63. The molecule has 0 spiro atoms. The quantitative estimate of drug-likeness (QED) is 0.781. The topological polar surface area (TPSA) is 43.8 Å². The second-order valence-corrected chi connectivity index (χ2v) is 7.79. The van der Waals surface area contributed by atoms with Crippen molar-refractivity contribution in [3.63, 3.8) is 0 Å². The largest absolute Gasteiger partial charge is 0.495 e. The van der Waals surface area contributed by atoms with Gasteiger partial charge in [0.05, 0.1) is 11.2 Å². The molecule has 2 aromatic rings. The standard InChI is InChI=1S/C19H27BN2O3/c1-18(2)19(3,4)25-20(24-18)15-9-10-16(23-13-12-22(5)6)17-14(15)8-7-11-21-17/h7-11H,12-13H2,1-6H3. The molecule has 0 radical (unpaired) electrons. The van der Waals surface area contributed by atoms with Crippen molar-refractivity contribution in [1.29, 1.82) is 0 Å². The summed E-state index contributed by atoms with van der Waals surface area (Å²) in [6.45, 7) is 9.72. The molecule has 1 aliphatic rings. The molecule has 0 atom stereocenters. The Morgan fingerprint density at radius 1 is 1.08 bits per heavy atom. The van der Waals surface area contributed by atoms with Crippen LogP contribution >= 0.6 is 0 Å². The van der Waals surface area contributed by atoms with Gasteiger partial charge in [-0.3, -0.25) is 4.98 Å². The summed E-state index contributed by atoms with van der Waals surface area (Å²) in [5.74, 6) is 0.790. The van der Waals surface area contributed by atoms with Crippen LogP contribution in [0.25, 0.3) is 10.9 Å². The minimum absolute atomic E-state index is 0.368. The Morgan fingerprint density at radius 3 is 2.40 bits per heavy atom. The number of hydrogen-bond donors (Lipinski definition) is 0. The summed E-state index contributed by atoms with van der Waals surface area (Å²) in [5, 5.41) is 1.00. The predicted molar refractivity (Wildman–Crippen MR) is 102 cm³/mol. The second kappa shape index (κ2) is 6.59. The van der Waals surface area contributed by atoms with E-state index in [2.05, 4.69) is 37.6 Å². The number of likely N-dealkylation sites (N-methyl/N-ethyl adjacent to an activating group) is 1. The van der Waals surface area contributed by atoms with E-state index in [1.54, 1.807) is 6.20 Å². The SMILES string of the molecule is CN(C)CCOc1ccc(B2OC(C)(C)C(C)(C)O2)c2cccnc12. The van der Waals surface area contributed by atoms with Crippen LogP contribution < -0.4 is 10.2 Å². The first-order valence-electron chi connectivity index (χ1n) is 8.72. The van der Waals surface area contributed by atoms with Crippen LogP contribution in [0.5, 0.6) is 5.75 Å². The molecule has 1 aromatic carbocycles. The molecule has 0 amide bonds. The molecular formula is C19H27BN2O3. The van der Waals surface area contributed by atoms with Crippen molar-refractivity contribution in [2.75, 3.05) is 27.2 Å². The molecule has 1 saturated heterocycles. The van der Waals surface area contributed by atoms with Crippen LogP contribution in [0.15, 0.2) is 30.5 Å². The van der Waals surface area contributed by atoms with Crippen molar-refractivity contribution in [2.45, 2.75) is 38.9 Å². The minimum atomic E-state index is -0.410. The predicted octanol–water partition coefficient (Wildman–Crippen LogP) is 2.47. The monoisotopic (exact) mass is 342 g/mol. The van der Waals surface area contributed by atoms with E-state index in [-0.39, 0.29) is 11.2 Å². The van der Waals surface area contributed by atoms with Gasteiger partial charge in [0, 0.05) is 18.1 Å². The van der Waals surface area contributed by atoms with Gasteiger partial charge in [0.1, 0.15) is 17.9 Å². The number of hydrogen-bond acceptors (Lipinski definition) is 5. The van der Waals surface area contributed by atoms with Gasteiger partial charge < -0.3 is 18.9 Å². The third-order valence-electron chi connectivity index (χ3n) is 5.07. The van der Waals surface area contributed by atoms with Crippen LogP contribution in [0.2, 0.25) is 0 Å². The molecule has 0 N–H and O–H groups in total. The maximum atomic E-state index is 6.21. The zero-order chi connectivity index (χ0) is 18.2. The van der Waals surface area contributed by atoms with Crippen LogP contribution in [0.4, 0.5) is 0 Å². The van der Waals surface area contributed by atoms with Crippen molar-refractivity contribution < 1.29 is 14.0 Å². The molecule has 5 nitrogen and oxygen atoms in total. The van der Waals surface area contributed by atoms with E-state index in [9.17, 15) is 0 Å². The number of benzene rings is 1. The van der Waals surface area contributed by atoms with Gasteiger partial charge in [-0.2, -0.15) is 0 Å². The summed E-state index contributed by atoms with van der Waals surface area (Å²) >= 11 is 0. The maximum absolute atomic E-state index is 6.21. The van der Waals surface area contributed by atoms with Gasteiger partial charge in [0.2, 0.25) is 0 Å². The Balaban J connectivity index is 1.94. The fourth-order valence-corrected chi connectivity index (χ4v) is 2.80. The summed E-state index contributed by atoms with van der Waals surface area (Å²) in [5.41, 5.74) is 1.09. The Bertz CT molecular complexity index is 745. The Hall–Kier alpha value is -1.63. The molecule has 25 heavy (non-hydrogen) atoms. The fraction of sp³-hybridized carbons (Fsp3) is 0.526. The van der Waals surface area contributed by atoms with Crippen LogP contribution in [0.1, 0.15) is 27.7 Å². The molecule has 1 fully saturated rings. The summed E-state index contributed by atoms with van der Waals surface area (Å²) < 4.78 is 18.4. The molecule has 0 aliphatic carbocycles. The van der Waals surface area contributed by atoms with Crippen LogP contribution in [-0.2, 0) is 9.31 Å². The molecule has 6 heteroatoms. The normalized spacial score (nSPS) is 18.9. The average Bonchev–Trinajstić information content (AvgIpc) is 2.75. The van der Waals surface area contributed by atoms with E-state index in [0.29, 0.717) is 6.61 Å². The first kappa shape index (κ1) is 18.2. The highest BCUT2D eigenvalue weighted by atomic mass is 16.7. The lowest BCUT2D eigenvalue weighted by Crippen LogP contribution is -2.41. The lowest BCUT2D eigenvalue weighted by molar-refractivity contribution is 0.00578. The van der Waals surface area contributed by atoms with Gasteiger partial charge in [0.25, 0.3) is 0 Å². The van der Waals surface area contributed by atoms with Gasteiger partial charge >= 0.3 is 7.12 Å². The van der Waals surface area contributed by atoms with Gasteiger partial charge in [-0.05, 0) is 59.4 Å². The third-order valence-corrected chi connectivity index (χ3v) is 5.07. The highest BCUT2D eigenvalue weighted by molar-refractivity contribution is 6.65. The van der Waals surface area contributed by atoms with Gasteiger partial charge in [-0.15, -0.1) is 0 Å². The first-order chi connectivity index (χ1) is 11.7.